The summed E-state index contributed by atoms with van der Waals surface area (Å²) in [6.07, 6.45) is 0.455. The second kappa shape index (κ2) is 9.74. The Morgan fingerprint density at radius 3 is 2.33 bits per heavy atom. The lowest BCUT2D eigenvalue weighted by Crippen LogP contribution is -2.34. The minimum absolute atomic E-state index is 0.0425. The molecule has 33 heavy (non-hydrogen) atoms. The first-order valence-corrected chi connectivity index (χ1v) is 11.2. The third kappa shape index (κ3) is 4.82. The predicted octanol–water partition coefficient (Wildman–Crippen LogP) is 6.13. The Bertz CT molecular complexity index is 1320. The molecule has 0 saturated heterocycles. The highest BCUT2D eigenvalue weighted by molar-refractivity contribution is 5.94. The number of hydrogen-bond donors (Lipinski definition) is 1. The van der Waals surface area contributed by atoms with Crippen LogP contribution in [0, 0.1) is 6.92 Å². The summed E-state index contributed by atoms with van der Waals surface area (Å²) in [5.74, 6) is 0.0438. The Hall–Kier alpha value is -3.86. The number of anilines is 1. The van der Waals surface area contributed by atoms with Gasteiger partial charge in [0.05, 0.1) is 5.39 Å². The number of ether oxygens (including phenoxy) is 1. The van der Waals surface area contributed by atoms with E-state index in [0.29, 0.717) is 34.4 Å². The highest BCUT2D eigenvalue weighted by Gasteiger charge is 2.25. The molecular formula is C28H27NO4. The first-order valence-electron chi connectivity index (χ1n) is 11.2. The summed E-state index contributed by atoms with van der Waals surface area (Å²) in [7, 11) is 0. The van der Waals surface area contributed by atoms with E-state index in [4.69, 9.17) is 9.15 Å². The summed E-state index contributed by atoms with van der Waals surface area (Å²) >= 11 is 0. The molecule has 1 heterocycles. The lowest BCUT2D eigenvalue weighted by atomic mass is 10.1. The molecule has 4 rings (SSSR count). The molecule has 1 N–H and O–H groups in total. The van der Waals surface area contributed by atoms with E-state index < -0.39 is 6.10 Å². The molecule has 1 atom stereocenters. The van der Waals surface area contributed by atoms with Crippen LogP contribution in [0.3, 0.4) is 0 Å². The quantitative estimate of drug-likeness (QED) is 0.375. The van der Waals surface area contributed by atoms with Crippen molar-refractivity contribution >= 4 is 22.6 Å². The zero-order valence-corrected chi connectivity index (χ0v) is 19.1. The molecule has 0 aliphatic heterocycles. The van der Waals surface area contributed by atoms with Crippen molar-refractivity contribution in [3.05, 3.63) is 94.1 Å². The first-order chi connectivity index (χ1) is 16.0. The highest BCUT2D eigenvalue weighted by atomic mass is 16.5. The maximum absolute atomic E-state index is 13.4. The van der Waals surface area contributed by atoms with Gasteiger partial charge in [-0.15, -0.1) is 0 Å². The summed E-state index contributed by atoms with van der Waals surface area (Å²) in [4.78, 5) is 26.4. The van der Waals surface area contributed by atoms with Gasteiger partial charge >= 0.3 is 0 Å². The zero-order valence-electron chi connectivity index (χ0n) is 19.1. The maximum Gasteiger partial charge on any atom is 0.265 e. The molecule has 0 fully saturated rings. The van der Waals surface area contributed by atoms with Crippen LogP contribution in [-0.4, -0.2) is 12.0 Å². The number of carbonyl (C=O) groups is 1. The third-order valence-corrected chi connectivity index (χ3v) is 5.62. The lowest BCUT2D eigenvalue weighted by Gasteiger charge is -2.19. The van der Waals surface area contributed by atoms with Crippen molar-refractivity contribution in [2.75, 3.05) is 5.32 Å². The molecular weight excluding hydrogens is 414 g/mol. The molecule has 5 heteroatoms. The molecule has 4 aromatic rings. The lowest BCUT2D eigenvalue weighted by molar-refractivity contribution is -0.122. The van der Waals surface area contributed by atoms with E-state index in [-0.39, 0.29) is 17.1 Å². The zero-order chi connectivity index (χ0) is 23.4. The van der Waals surface area contributed by atoms with Gasteiger partial charge in [0.15, 0.2) is 11.9 Å². The van der Waals surface area contributed by atoms with Crippen LogP contribution in [0.5, 0.6) is 5.75 Å². The first kappa shape index (κ1) is 22.3. The molecule has 3 aromatic carbocycles. The molecule has 0 aliphatic carbocycles. The molecule has 1 aromatic heterocycles. The van der Waals surface area contributed by atoms with Gasteiger partial charge in [-0.05, 0) is 49.6 Å². The Kier molecular flexibility index (Phi) is 6.59. The van der Waals surface area contributed by atoms with E-state index in [1.807, 2.05) is 68.4 Å². The van der Waals surface area contributed by atoms with Crippen LogP contribution >= 0.6 is 0 Å². The normalized spacial score (nSPS) is 11.8. The van der Waals surface area contributed by atoms with Crippen LogP contribution in [0.15, 0.2) is 82.0 Å². The van der Waals surface area contributed by atoms with Crippen molar-refractivity contribution in [2.45, 2.75) is 39.7 Å². The minimum atomic E-state index is -0.857. The van der Waals surface area contributed by atoms with E-state index in [2.05, 4.69) is 12.2 Å². The average molecular weight is 442 g/mol. The van der Waals surface area contributed by atoms with Crippen LogP contribution in [0.25, 0.3) is 22.3 Å². The van der Waals surface area contributed by atoms with Gasteiger partial charge < -0.3 is 14.5 Å². The van der Waals surface area contributed by atoms with Gasteiger partial charge in [-0.3, -0.25) is 9.59 Å². The average Bonchev–Trinajstić information content (AvgIpc) is 2.84. The number of aryl methyl sites for hydroxylation is 2. The number of benzene rings is 3. The Labute approximate surface area is 193 Å². The van der Waals surface area contributed by atoms with Crippen molar-refractivity contribution < 1.29 is 13.9 Å². The Morgan fingerprint density at radius 1 is 0.970 bits per heavy atom. The van der Waals surface area contributed by atoms with Gasteiger partial charge in [-0.2, -0.15) is 0 Å². The van der Waals surface area contributed by atoms with Crippen LogP contribution in [0.2, 0.25) is 0 Å². The van der Waals surface area contributed by atoms with Gasteiger partial charge in [0.25, 0.3) is 5.91 Å². The molecule has 0 aliphatic rings. The highest BCUT2D eigenvalue weighted by Crippen LogP contribution is 2.32. The van der Waals surface area contributed by atoms with Crippen molar-refractivity contribution in [2.24, 2.45) is 0 Å². The molecule has 0 radical (unpaired) electrons. The van der Waals surface area contributed by atoms with Gasteiger partial charge in [0.1, 0.15) is 5.58 Å². The predicted molar refractivity (Wildman–Crippen MR) is 132 cm³/mol. The monoisotopic (exact) mass is 441 g/mol. The second-order valence-corrected chi connectivity index (χ2v) is 8.01. The van der Waals surface area contributed by atoms with Gasteiger partial charge in [-0.1, -0.05) is 67.9 Å². The summed E-state index contributed by atoms with van der Waals surface area (Å²) in [5, 5.41) is 3.30. The SMILES string of the molecule is CCc1ccc(NC(=O)C(CC)Oc2c(-c3ccc(C)cc3)oc3ccccc3c2=O)cc1. The van der Waals surface area contributed by atoms with E-state index in [0.717, 1.165) is 12.0 Å². The number of fused-ring (bicyclic) bond motifs is 1. The van der Waals surface area contributed by atoms with Crippen LogP contribution in [0.4, 0.5) is 5.69 Å². The Balaban J connectivity index is 1.71. The Morgan fingerprint density at radius 2 is 1.67 bits per heavy atom. The number of carbonyl (C=O) groups excluding carboxylic acids is 1. The fraction of sp³-hybridized carbons (Fsp3) is 0.214. The summed E-state index contributed by atoms with van der Waals surface area (Å²) in [6, 6.07) is 22.4. The topological polar surface area (TPSA) is 68.5 Å². The van der Waals surface area contributed by atoms with Gasteiger partial charge in [0.2, 0.25) is 11.2 Å². The standard InChI is InChI=1S/C28H27NO4/c1-4-19-12-16-21(17-13-19)29-28(31)23(5-2)32-27-25(30)22-8-6-7-9-24(22)33-26(27)20-14-10-18(3)11-15-20/h6-17,23H,4-5H2,1-3H3,(H,29,31). The molecule has 0 spiro atoms. The fourth-order valence-electron chi connectivity index (χ4n) is 3.64. The van der Waals surface area contributed by atoms with Gasteiger partial charge in [-0.25, -0.2) is 0 Å². The molecule has 0 saturated carbocycles. The molecule has 1 amide bonds. The molecule has 1 unspecified atom stereocenters. The summed E-state index contributed by atoms with van der Waals surface area (Å²) < 4.78 is 12.2. The molecule has 0 bridgehead atoms. The van der Waals surface area contributed by atoms with Crippen LogP contribution in [-0.2, 0) is 11.2 Å². The van der Waals surface area contributed by atoms with Crippen molar-refractivity contribution in [3.8, 4) is 17.1 Å². The smallest absolute Gasteiger partial charge is 0.265 e. The van der Waals surface area contributed by atoms with Crippen LogP contribution < -0.4 is 15.5 Å². The largest absolute Gasteiger partial charge is 0.473 e. The molecule has 5 nitrogen and oxygen atoms in total. The van der Waals surface area contributed by atoms with E-state index in [1.54, 1.807) is 18.2 Å². The number of amides is 1. The second-order valence-electron chi connectivity index (χ2n) is 8.01. The van der Waals surface area contributed by atoms with Crippen molar-refractivity contribution in [1.82, 2.24) is 0 Å². The molecule has 168 valence electrons. The summed E-state index contributed by atoms with van der Waals surface area (Å²) in [5.41, 5.74) is 3.84. The summed E-state index contributed by atoms with van der Waals surface area (Å²) in [6.45, 7) is 5.91. The number of hydrogen-bond acceptors (Lipinski definition) is 4. The fourth-order valence-corrected chi connectivity index (χ4v) is 3.64. The number of nitrogens with one attached hydrogen (secondary N) is 1. The third-order valence-electron chi connectivity index (χ3n) is 5.62. The number of rotatable bonds is 7. The number of para-hydroxylation sites is 1. The van der Waals surface area contributed by atoms with Crippen molar-refractivity contribution in [1.29, 1.82) is 0 Å². The maximum atomic E-state index is 13.4. The van der Waals surface area contributed by atoms with Gasteiger partial charge in [0, 0.05) is 11.3 Å². The minimum Gasteiger partial charge on any atom is -0.473 e. The van der Waals surface area contributed by atoms with E-state index >= 15 is 0 Å². The van der Waals surface area contributed by atoms with Crippen molar-refractivity contribution in [3.63, 3.8) is 0 Å². The van der Waals surface area contributed by atoms with E-state index in [9.17, 15) is 9.59 Å². The van der Waals surface area contributed by atoms with Crippen LogP contribution in [0.1, 0.15) is 31.4 Å². The van der Waals surface area contributed by atoms with E-state index in [1.165, 1.54) is 5.56 Å².